The SMILES string of the molecule is CCn1cnc2cc(NC(=O)[C@H]3[C@H]4C(=O)N(C[C@H]5CCCO5)C[C@@]45C=C[C@H]3O5)ccc21. The van der Waals surface area contributed by atoms with Crippen LogP contribution in [0.25, 0.3) is 11.0 Å². The molecule has 2 bridgehead atoms. The number of ether oxygens (including phenoxy) is 2. The average molecular weight is 422 g/mol. The third-order valence-corrected chi connectivity index (χ3v) is 7.16. The van der Waals surface area contributed by atoms with Crippen molar-refractivity contribution in [1.82, 2.24) is 14.5 Å². The predicted octanol–water partition coefficient (Wildman–Crippen LogP) is 1.96. The van der Waals surface area contributed by atoms with Crippen LogP contribution >= 0.6 is 0 Å². The zero-order chi connectivity index (χ0) is 21.2. The Morgan fingerprint density at radius 3 is 3.10 bits per heavy atom. The van der Waals surface area contributed by atoms with E-state index in [1.807, 2.05) is 35.3 Å². The summed E-state index contributed by atoms with van der Waals surface area (Å²) in [7, 11) is 0. The van der Waals surface area contributed by atoms with Crippen molar-refractivity contribution in [3.05, 3.63) is 36.7 Å². The molecular weight excluding hydrogens is 396 g/mol. The lowest BCUT2D eigenvalue weighted by molar-refractivity contribution is -0.136. The minimum Gasteiger partial charge on any atom is -0.376 e. The molecule has 4 aliphatic rings. The van der Waals surface area contributed by atoms with Crippen molar-refractivity contribution in [2.45, 2.75) is 44.1 Å². The topological polar surface area (TPSA) is 85.7 Å². The molecule has 6 rings (SSSR count). The molecule has 5 atom stereocenters. The van der Waals surface area contributed by atoms with Crippen LogP contribution in [0, 0.1) is 11.8 Å². The molecule has 1 aromatic carbocycles. The van der Waals surface area contributed by atoms with E-state index in [4.69, 9.17) is 9.47 Å². The van der Waals surface area contributed by atoms with Gasteiger partial charge in [0.05, 0.1) is 47.9 Å². The van der Waals surface area contributed by atoms with E-state index < -0.39 is 17.4 Å². The van der Waals surface area contributed by atoms with E-state index in [2.05, 4.69) is 21.8 Å². The second-order valence-corrected chi connectivity index (χ2v) is 8.98. The lowest BCUT2D eigenvalue weighted by Crippen LogP contribution is -2.42. The number of aromatic nitrogens is 2. The van der Waals surface area contributed by atoms with Gasteiger partial charge in [-0.3, -0.25) is 9.59 Å². The number of hydrogen-bond acceptors (Lipinski definition) is 5. The molecule has 1 N–H and O–H groups in total. The summed E-state index contributed by atoms with van der Waals surface area (Å²) in [6, 6.07) is 5.72. The zero-order valence-corrected chi connectivity index (χ0v) is 17.5. The molecule has 1 aromatic heterocycles. The first-order chi connectivity index (χ1) is 15.1. The van der Waals surface area contributed by atoms with E-state index in [0.717, 1.165) is 37.0 Å². The number of nitrogens with one attached hydrogen (secondary N) is 1. The van der Waals surface area contributed by atoms with E-state index in [1.165, 1.54) is 0 Å². The number of amides is 2. The Balaban J connectivity index is 1.22. The molecule has 2 amide bonds. The molecule has 31 heavy (non-hydrogen) atoms. The number of fused-ring (bicyclic) bond motifs is 2. The molecule has 3 fully saturated rings. The van der Waals surface area contributed by atoms with Gasteiger partial charge < -0.3 is 24.3 Å². The zero-order valence-electron chi connectivity index (χ0n) is 17.5. The van der Waals surface area contributed by atoms with Crippen molar-refractivity contribution in [2.24, 2.45) is 11.8 Å². The smallest absolute Gasteiger partial charge is 0.231 e. The maximum absolute atomic E-state index is 13.3. The Morgan fingerprint density at radius 2 is 2.29 bits per heavy atom. The Morgan fingerprint density at radius 1 is 1.39 bits per heavy atom. The standard InChI is InChI=1S/C23H26N4O4/c1-2-26-13-24-16-10-14(5-6-17(16)26)25-21(28)19-18-7-8-23(31-18)12-27(22(29)20(19)23)11-15-4-3-9-30-15/h5-8,10,13,15,18-20H,2-4,9,11-12H2,1H3,(H,25,28)/t15-,18-,19-,20+,23+/m1/s1. The average Bonchev–Trinajstić information content (AvgIpc) is 3.56. The van der Waals surface area contributed by atoms with Crippen LogP contribution in [0.15, 0.2) is 36.7 Å². The Bertz CT molecular complexity index is 1090. The fourth-order valence-corrected chi connectivity index (χ4v) is 5.69. The first-order valence-electron chi connectivity index (χ1n) is 11.1. The first-order valence-corrected chi connectivity index (χ1v) is 11.1. The van der Waals surface area contributed by atoms with E-state index in [0.29, 0.717) is 18.8 Å². The second-order valence-electron chi connectivity index (χ2n) is 8.98. The third-order valence-electron chi connectivity index (χ3n) is 7.16. The van der Waals surface area contributed by atoms with Crippen LogP contribution in [0.4, 0.5) is 5.69 Å². The van der Waals surface area contributed by atoms with Crippen LogP contribution < -0.4 is 5.32 Å². The Labute approximate surface area is 180 Å². The number of rotatable bonds is 5. The number of benzene rings is 1. The van der Waals surface area contributed by atoms with Gasteiger partial charge in [-0.1, -0.05) is 12.2 Å². The molecule has 0 unspecified atom stereocenters. The molecule has 0 aliphatic carbocycles. The summed E-state index contributed by atoms with van der Waals surface area (Å²) in [6.07, 6.45) is 7.46. The summed E-state index contributed by atoms with van der Waals surface area (Å²) >= 11 is 0. The molecule has 2 aromatic rings. The number of carbonyl (C=O) groups is 2. The molecule has 4 aliphatic heterocycles. The Hall–Kier alpha value is -2.71. The van der Waals surface area contributed by atoms with Crippen LogP contribution in [-0.4, -0.2) is 63.8 Å². The summed E-state index contributed by atoms with van der Waals surface area (Å²) in [6.45, 7) is 4.73. The van der Waals surface area contributed by atoms with Crippen molar-refractivity contribution in [3.63, 3.8) is 0 Å². The maximum atomic E-state index is 13.3. The lowest BCUT2D eigenvalue weighted by Gasteiger charge is -2.24. The van der Waals surface area contributed by atoms with Crippen molar-refractivity contribution in [2.75, 3.05) is 25.0 Å². The summed E-state index contributed by atoms with van der Waals surface area (Å²) in [5, 5.41) is 3.01. The Kier molecular flexibility index (Phi) is 4.23. The van der Waals surface area contributed by atoms with Crippen molar-refractivity contribution >= 4 is 28.5 Å². The second kappa shape index (κ2) is 6.90. The van der Waals surface area contributed by atoms with Crippen LogP contribution in [-0.2, 0) is 25.6 Å². The van der Waals surface area contributed by atoms with Gasteiger partial charge in [-0.15, -0.1) is 0 Å². The largest absolute Gasteiger partial charge is 0.376 e. The highest BCUT2D eigenvalue weighted by atomic mass is 16.5. The highest BCUT2D eigenvalue weighted by molar-refractivity contribution is 6.00. The molecule has 0 saturated carbocycles. The van der Waals surface area contributed by atoms with Crippen LogP contribution in [0.3, 0.4) is 0 Å². The maximum Gasteiger partial charge on any atom is 0.231 e. The van der Waals surface area contributed by atoms with Gasteiger partial charge in [0.2, 0.25) is 11.8 Å². The van der Waals surface area contributed by atoms with Crippen molar-refractivity contribution in [3.8, 4) is 0 Å². The summed E-state index contributed by atoms with van der Waals surface area (Å²) < 4.78 is 14.0. The fraction of sp³-hybridized carbons (Fsp3) is 0.522. The van der Waals surface area contributed by atoms with Crippen LogP contribution in [0.1, 0.15) is 19.8 Å². The minimum absolute atomic E-state index is 0.000332. The van der Waals surface area contributed by atoms with Gasteiger partial charge in [0.15, 0.2) is 0 Å². The summed E-state index contributed by atoms with van der Waals surface area (Å²) in [5.74, 6) is -1.19. The van der Waals surface area contributed by atoms with Crippen LogP contribution in [0.2, 0.25) is 0 Å². The van der Waals surface area contributed by atoms with Crippen molar-refractivity contribution in [1.29, 1.82) is 0 Å². The van der Waals surface area contributed by atoms with Gasteiger partial charge in [-0.05, 0) is 38.0 Å². The number of likely N-dealkylation sites (tertiary alicyclic amines) is 1. The van der Waals surface area contributed by atoms with E-state index in [-0.39, 0.29) is 24.0 Å². The number of hydrogen-bond donors (Lipinski definition) is 1. The number of aryl methyl sites for hydroxylation is 1. The molecule has 1 spiro atoms. The van der Waals surface area contributed by atoms with Gasteiger partial charge in [-0.25, -0.2) is 4.98 Å². The van der Waals surface area contributed by atoms with Crippen molar-refractivity contribution < 1.29 is 19.1 Å². The number of anilines is 1. The molecule has 5 heterocycles. The molecule has 3 saturated heterocycles. The lowest BCUT2D eigenvalue weighted by atomic mass is 9.77. The van der Waals surface area contributed by atoms with Gasteiger partial charge in [0.25, 0.3) is 0 Å². The first kappa shape index (κ1) is 19.0. The highest BCUT2D eigenvalue weighted by Gasteiger charge is 2.66. The van der Waals surface area contributed by atoms with E-state index in [1.54, 1.807) is 6.33 Å². The van der Waals surface area contributed by atoms with Gasteiger partial charge in [-0.2, -0.15) is 0 Å². The monoisotopic (exact) mass is 422 g/mol. The van der Waals surface area contributed by atoms with Gasteiger partial charge >= 0.3 is 0 Å². The van der Waals surface area contributed by atoms with E-state index >= 15 is 0 Å². The molecule has 0 radical (unpaired) electrons. The summed E-state index contributed by atoms with van der Waals surface area (Å²) in [5.41, 5.74) is 1.86. The quantitative estimate of drug-likeness (QED) is 0.745. The molecule has 162 valence electrons. The number of nitrogens with zero attached hydrogens (tertiary/aromatic N) is 3. The third kappa shape index (κ3) is 2.85. The minimum atomic E-state index is -0.688. The molecular formula is C23H26N4O4. The predicted molar refractivity (Wildman–Crippen MR) is 113 cm³/mol. The highest BCUT2D eigenvalue weighted by Crippen LogP contribution is 2.52. The number of carbonyl (C=O) groups excluding carboxylic acids is 2. The fourth-order valence-electron chi connectivity index (χ4n) is 5.69. The number of imidazole rings is 1. The molecule has 8 heteroatoms. The summed E-state index contributed by atoms with van der Waals surface area (Å²) in [4.78, 5) is 32.8. The van der Waals surface area contributed by atoms with Crippen LogP contribution in [0.5, 0.6) is 0 Å². The normalized spacial score (nSPS) is 33.6. The van der Waals surface area contributed by atoms with Gasteiger partial charge in [0.1, 0.15) is 5.60 Å². The van der Waals surface area contributed by atoms with Gasteiger partial charge in [0, 0.05) is 25.4 Å². The van der Waals surface area contributed by atoms with E-state index in [9.17, 15) is 9.59 Å². The molecule has 8 nitrogen and oxygen atoms in total.